The highest BCUT2D eigenvalue weighted by atomic mass is 15.2. The molecule has 4 heteroatoms. The number of benzene rings is 1. The average Bonchev–Trinajstić information content (AvgIpc) is 2.73. The molecule has 2 aromatic heterocycles. The first kappa shape index (κ1) is 9.84. The van der Waals surface area contributed by atoms with E-state index in [9.17, 15) is 0 Å². The molecule has 3 rings (SSSR count). The Hall–Kier alpha value is -2.36. The summed E-state index contributed by atoms with van der Waals surface area (Å²) in [6.07, 6.45) is 1.84. The summed E-state index contributed by atoms with van der Waals surface area (Å²) in [5.74, 6) is 0.812. The lowest BCUT2D eigenvalue weighted by molar-refractivity contribution is 1.11. The van der Waals surface area contributed by atoms with Crippen LogP contribution in [0.4, 0.5) is 5.69 Å². The summed E-state index contributed by atoms with van der Waals surface area (Å²) >= 11 is 0. The number of nitrogen functional groups attached to an aromatic ring is 1. The number of nitrogens with zero attached hydrogens (tertiary/aromatic N) is 3. The zero-order chi connectivity index (χ0) is 11.8. The van der Waals surface area contributed by atoms with E-state index in [0.29, 0.717) is 5.69 Å². The monoisotopic (exact) mass is 224 g/mol. The maximum Gasteiger partial charge on any atom is 0.168 e. The van der Waals surface area contributed by atoms with Gasteiger partial charge < -0.3 is 5.73 Å². The molecule has 0 unspecified atom stereocenters. The maximum absolute atomic E-state index is 5.78. The zero-order valence-electron chi connectivity index (χ0n) is 9.46. The summed E-state index contributed by atoms with van der Waals surface area (Å²) in [6.45, 7) is 2.06. The van der Waals surface area contributed by atoms with Crippen molar-refractivity contribution in [3.63, 3.8) is 0 Å². The van der Waals surface area contributed by atoms with Gasteiger partial charge in [0.05, 0.1) is 0 Å². The van der Waals surface area contributed by atoms with Gasteiger partial charge in [-0.3, -0.25) is 4.40 Å². The molecule has 0 aliphatic rings. The van der Waals surface area contributed by atoms with Crippen molar-refractivity contribution < 1.29 is 0 Å². The summed E-state index contributed by atoms with van der Waals surface area (Å²) in [6, 6.07) is 11.9. The molecule has 17 heavy (non-hydrogen) atoms. The van der Waals surface area contributed by atoms with Gasteiger partial charge in [0.15, 0.2) is 11.5 Å². The number of hydrogen-bond acceptors (Lipinski definition) is 3. The number of aromatic nitrogens is 3. The predicted octanol–water partition coefficient (Wildman–Crippen LogP) is 2.29. The second kappa shape index (κ2) is 3.59. The van der Waals surface area contributed by atoms with Crippen molar-refractivity contribution in [2.75, 3.05) is 5.73 Å². The van der Waals surface area contributed by atoms with Gasteiger partial charge in [0.2, 0.25) is 0 Å². The fraction of sp³-hybridized carbons (Fsp3) is 0.0769. The first-order valence-corrected chi connectivity index (χ1v) is 5.41. The minimum atomic E-state index is 0.700. The third-order valence-corrected chi connectivity index (χ3v) is 2.73. The van der Waals surface area contributed by atoms with Crippen LogP contribution in [0.15, 0.2) is 42.6 Å². The van der Waals surface area contributed by atoms with E-state index >= 15 is 0 Å². The van der Waals surface area contributed by atoms with Crippen LogP contribution in [0.2, 0.25) is 0 Å². The highest BCUT2D eigenvalue weighted by molar-refractivity contribution is 5.61. The van der Waals surface area contributed by atoms with Crippen LogP contribution in [0.5, 0.6) is 0 Å². The Morgan fingerprint density at radius 1 is 1.00 bits per heavy atom. The third-order valence-electron chi connectivity index (χ3n) is 2.73. The smallest absolute Gasteiger partial charge is 0.168 e. The highest BCUT2D eigenvalue weighted by Gasteiger charge is 2.07. The van der Waals surface area contributed by atoms with Gasteiger partial charge in [0.25, 0.3) is 0 Å². The lowest BCUT2D eigenvalue weighted by atomic mass is 10.1. The highest BCUT2D eigenvalue weighted by Crippen LogP contribution is 2.19. The molecule has 0 fully saturated rings. The molecule has 2 heterocycles. The van der Waals surface area contributed by atoms with Crippen LogP contribution in [-0.4, -0.2) is 14.6 Å². The third kappa shape index (κ3) is 1.63. The Balaban J connectivity index is 2.23. The number of anilines is 1. The molecule has 2 N–H and O–H groups in total. The van der Waals surface area contributed by atoms with Crippen molar-refractivity contribution in [1.29, 1.82) is 0 Å². The van der Waals surface area contributed by atoms with Gasteiger partial charge in [0, 0.05) is 17.4 Å². The van der Waals surface area contributed by atoms with Crippen LogP contribution in [0.25, 0.3) is 17.0 Å². The molecule has 0 atom stereocenters. The predicted molar refractivity (Wildman–Crippen MR) is 67.6 cm³/mol. The number of fused-ring (bicyclic) bond motifs is 1. The van der Waals surface area contributed by atoms with Crippen LogP contribution in [-0.2, 0) is 0 Å². The average molecular weight is 224 g/mol. The van der Waals surface area contributed by atoms with E-state index in [0.717, 1.165) is 17.0 Å². The van der Waals surface area contributed by atoms with Crippen molar-refractivity contribution in [3.8, 4) is 11.4 Å². The van der Waals surface area contributed by atoms with Crippen LogP contribution in [0.3, 0.4) is 0 Å². The second-order valence-electron chi connectivity index (χ2n) is 4.08. The first-order chi connectivity index (χ1) is 8.24. The van der Waals surface area contributed by atoms with Crippen molar-refractivity contribution in [1.82, 2.24) is 14.6 Å². The van der Waals surface area contributed by atoms with Gasteiger partial charge in [-0.1, -0.05) is 29.8 Å². The van der Waals surface area contributed by atoms with Gasteiger partial charge >= 0.3 is 0 Å². The first-order valence-electron chi connectivity index (χ1n) is 5.41. The quantitative estimate of drug-likeness (QED) is 0.690. The number of pyridine rings is 1. The van der Waals surface area contributed by atoms with Crippen molar-refractivity contribution >= 4 is 11.3 Å². The molecular formula is C13H12N4. The van der Waals surface area contributed by atoms with Crippen molar-refractivity contribution in [3.05, 3.63) is 48.2 Å². The summed E-state index contributed by atoms with van der Waals surface area (Å²) in [4.78, 5) is 0. The second-order valence-corrected chi connectivity index (χ2v) is 4.08. The van der Waals surface area contributed by atoms with Crippen molar-refractivity contribution in [2.45, 2.75) is 6.92 Å². The van der Waals surface area contributed by atoms with E-state index in [1.165, 1.54) is 5.56 Å². The molecule has 0 saturated heterocycles. The maximum atomic E-state index is 5.78. The molecule has 0 amide bonds. The minimum absolute atomic E-state index is 0.700. The number of hydrogen-bond donors (Lipinski definition) is 1. The fourth-order valence-electron chi connectivity index (χ4n) is 1.81. The van der Waals surface area contributed by atoms with E-state index in [4.69, 9.17) is 5.73 Å². The molecule has 0 saturated carbocycles. The summed E-state index contributed by atoms with van der Waals surface area (Å²) in [7, 11) is 0. The molecule has 3 aromatic rings. The fourth-order valence-corrected chi connectivity index (χ4v) is 1.81. The molecule has 84 valence electrons. The molecule has 0 bridgehead atoms. The minimum Gasteiger partial charge on any atom is -0.398 e. The topological polar surface area (TPSA) is 56.2 Å². The van der Waals surface area contributed by atoms with Crippen LogP contribution in [0.1, 0.15) is 5.56 Å². The standard InChI is InChI=1S/C13H12N4/c1-9-2-4-10(5-3-9)13-16-15-12-7-6-11(14)8-17(12)13/h2-8H,14H2,1H3. The van der Waals surface area contributed by atoms with Gasteiger partial charge in [-0.05, 0) is 19.1 Å². The Labute approximate surface area is 98.7 Å². The molecule has 0 spiro atoms. The van der Waals surface area contributed by atoms with E-state index in [-0.39, 0.29) is 0 Å². The molecule has 0 radical (unpaired) electrons. The van der Waals surface area contributed by atoms with E-state index in [1.807, 2.05) is 34.9 Å². The van der Waals surface area contributed by atoms with Crippen molar-refractivity contribution in [2.24, 2.45) is 0 Å². The van der Waals surface area contributed by atoms with Crippen LogP contribution < -0.4 is 5.73 Å². The summed E-state index contributed by atoms with van der Waals surface area (Å²) in [5.41, 5.74) is 9.54. The Morgan fingerprint density at radius 2 is 1.76 bits per heavy atom. The normalized spacial score (nSPS) is 10.9. The summed E-state index contributed by atoms with van der Waals surface area (Å²) in [5, 5.41) is 8.31. The van der Waals surface area contributed by atoms with E-state index in [1.54, 1.807) is 0 Å². The zero-order valence-corrected chi connectivity index (χ0v) is 9.46. The molecule has 0 aliphatic heterocycles. The number of nitrogens with two attached hydrogens (primary N) is 1. The molecule has 1 aromatic carbocycles. The van der Waals surface area contributed by atoms with E-state index in [2.05, 4.69) is 29.3 Å². The number of rotatable bonds is 1. The van der Waals surface area contributed by atoms with E-state index < -0.39 is 0 Å². The number of aryl methyl sites for hydroxylation is 1. The van der Waals surface area contributed by atoms with Crippen LogP contribution >= 0.6 is 0 Å². The molecule has 0 aliphatic carbocycles. The Bertz CT molecular complexity index is 667. The van der Waals surface area contributed by atoms with Gasteiger partial charge in [-0.2, -0.15) is 0 Å². The summed E-state index contributed by atoms with van der Waals surface area (Å²) < 4.78 is 1.90. The van der Waals surface area contributed by atoms with Gasteiger partial charge in [-0.15, -0.1) is 10.2 Å². The Morgan fingerprint density at radius 3 is 2.53 bits per heavy atom. The van der Waals surface area contributed by atoms with Crippen LogP contribution in [0, 0.1) is 6.92 Å². The SMILES string of the molecule is Cc1ccc(-c2nnc3ccc(N)cn23)cc1. The van der Waals surface area contributed by atoms with Gasteiger partial charge in [-0.25, -0.2) is 0 Å². The lowest BCUT2D eigenvalue weighted by Gasteiger charge is -2.01. The van der Waals surface area contributed by atoms with Gasteiger partial charge in [0.1, 0.15) is 0 Å². The Kier molecular flexibility index (Phi) is 2.08. The largest absolute Gasteiger partial charge is 0.398 e. The molecular weight excluding hydrogens is 212 g/mol. The molecule has 4 nitrogen and oxygen atoms in total. The lowest BCUT2D eigenvalue weighted by Crippen LogP contribution is -1.92.